The number of benzene rings is 2. The predicted molar refractivity (Wildman–Crippen MR) is 83.6 cm³/mol. The zero-order valence-electron chi connectivity index (χ0n) is 10.9. The van der Waals surface area contributed by atoms with Crippen LogP contribution in [0.3, 0.4) is 0 Å². The highest BCUT2D eigenvalue weighted by molar-refractivity contribution is 9.10. The van der Waals surface area contributed by atoms with E-state index in [4.69, 9.17) is 4.74 Å². The summed E-state index contributed by atoms with van der Waals surface area (Å²) in [5.41, 5.74) is 1.88. The maximum atomic E-state index is 13.2. The van der Waals surface area contributed by atoms with Gasteiger partial charge in [-0.1, -0.05) is 30.9 Å². The Morgan fingerprint density at radius 3 is 2.80 bits per heavy atom. The largest absolute Gasteiger partial charge is 0.489 e. The van der Waals surface area contributed by atoms with E-state index in [2.05, 4.69) is 27.8 Å². The van der Waals surface area contributed by atoms with Crippen molar-refractivity contribution in [3.8, 4) is 5.75 Å². The SMILES string of the molecule is C=CCOc1ccccc1CNc1ccc(F)c(Br)c1. The molecule has 4 heteroatoms. The molecule has 2 aromatic rings. The summed E-state index contributed by atoms with van der Waals surface area (Å²) in [4.78, 5) is 0. The van der Waals surface area contributed by atoms with Crippen LogP contribution in [0.15, 0.2) is 59.6 Å². The third kappa shape index (κ3) is 3.84. The lowest BCUT2D eigenvalue weighted by molar-refractivity contribution is 0.359. The molecule has 0 aromatic heterocycles. The highest BCUT2D eigenvalue weighted by Gasteiger charge is 2.04. The lowest BCUT2D eigenvalue weighted by Gasteiger charge is -2.12. The highest BCUT2D eigenvalue weighted by atomic mass is 79.9. The predicted octanol–water partition coefficient (Wildman–Crippen LogP) is 4.77. The second-order valence-corrected chi connectivity index (χ2v) is 5.04. The van der Waals surface area contributed by atoms with E-state index in [1.165, 1.54) is 6.07 Å². The fourth-order valence-electron chi connectivity index (χ4n) is 1.74. The fourth-order valence-corrected chi connectivity index (χ4v) is 2.12. The molecule has 0 aliphatic rings. The van der Waals surface area contributed by atoms with Gasteiger partial charge in [-0.2, -0.15) is 0 Å². The van der Waals surface area contributed by atoms with Gasteiger partial charge in [-0.05, 0) is 40.2 Å². The summed E-state index contributed by atoms with van der Waals surface area (Å²) in [5, 5.41) is 3.24. The van der Waals surface area contributed by atoms with Crippen LogP contribution in [0.5, 0.6) is 5.75 Å². The molecular formula is C16H15BrFNO. The summed E-state index contributed by atoms with van der Waals surface area (Å²) < 4.78 is 19.2. The van der Waals surface area contributed by atoms with Crippen molar-refractivity contribution in [1.82, 2.24) is 0 Å². The zero-order valence-corrected chi connectivity index (χ0v) is 12.5. The van der Waals surface area contributed by atoms with Gasteiger partial charge in [0, 0.05) is 17.8 Å². The number of para-hydroxylation sites is 1. The summed E-state index contributed by atoms with van der Waals surface area (Å²) in [7, 11) is 0. The minimum absolute atomic E-state index is 0.273. The van der Waals surface area contributed by atoms with Gasteiger partial charge in [-0.25, -0.2) is 4.39 Å². The van der Waals surface area contributed by atoms with E-state index in [9.17, 15) is 4.39 Å². The van der Waals surface area contributed by atoms with Gasteiger partial charge in [0.1, 0.15) is 18.2 Å². The Morgan fingerprint density at radius 1 is 1.25 bits per heavy atom. The van der Waals surface area contributed by atoms with Gasteiger partial charge in [0.2, 0.25) is 0 Å². The van der Waals surface area contributed by atoms with Crippen molar-refractivity contribution in [3.05, 3.63) is 71.0 Å². The number of rotatable bonds is 6. The highest BCUT2D eigenvalue weighted by Crippen LogP contribution is 2.22. The lowest BCUT2D eigenvalue weighted by Crippen LogP contribution is -2.03. The first-order valence-corrected chi connectivity index (χ1v) is 7.00. The van der Waals surface area contributed by atoms with E-state index in [-0.39, 0.29) is 5.82 Å². The molecule has 0 bridgehead atoms. The molecule has 104 valence electrons. The third-order valence-corrected chi connectivity index (χ3v) is 3.34. The number of halogens is 2. The van der Waals surface area contributed by atoms with E-state index in [0.29, 0.717) is 17.6 Å². The van der Waals surface area contributed by atoms with E-state index < -0.39 is 0 Å². The van der Waals surface area contributed by atoms with Crippen LogP contribution >= 0.6 is 15.9 Å². The van der Waals surface area contributed by atoms with Crippen molar-refractivity contribution < 1.29 is 9.13 Å². The molecule has 0 radical (unpaired) electrons. The summed E-state index contributed by atoms with van der Waals surface area (Å²) in [5.74, 6) is 0.548. The quantitative estimate of drug-likeness (QED) is 0.768. The molecule has 0 spiro atoms. The number of hydrogen-bond acceptors (Lipinski definition) is 2. The monoisotopic (exact) mass is 335 g/mol. The van der Waals surface area contributed by atoms with Crippen molar-refractivity contribution in [1.29, 1.82) is 0 Å². The molecule has 0 saturated heterocycles. The van der Waals surface area contributed by atoms with E-state index in [1.54, 1.807) is 18.2 Å². The van der Waals surface area contributed by atoms with Crippen molar-refractivity contribution in [2.45, 2.75) is 6.54 Å². The van der Waals surface area contributed by atoms with Gasteiger partial charge in [-0.15, -0.1) is 0 Å². The molecule has 0 unspecified atom stereocenters. The third-order valence-electron chi connectivity index (χ3n) is 2.73. The second kappa shape index (κ2) is 7.10. The Morgan fingerprint density at radius 2 is 2.05 bits per heavy atom. The summed E-state index contributed by atoms with van der Waals surface area (Å²) in [6, 6.07) is 12.6. The average molecular weight is 336 g/mol. The molecule has 2 aromatic carbocycles. The Hall–Kier alpha value is -1.81. The maximum absolute atomic E-state index is 13.2. The van der Waals surface area contributed by atoms with Crippen LogP contribution in [0.1, 0.15) is 5.56 Å². The van der Waals surface area contributed by atoms with E-state index in [1.807, 2.05) is 24.3 Å². The van der Waals surface area contributed by atoms with Gasteiger partial charge in [0.15, 0.2) is 0 Å². The number of ether oxygens (including phenoxy) is 1. The minimum Gasteiger partial charge on any atom is -0.489 e. The summed E-state index contributed by atoms with van der Waals surface area (Å²) in [6.45, 7) is 4.71. The molecule has 2 rings (SSSR count). The average Bonchev–Trinajstić information content (AvgIpc) is 2.47. The van der Waals surface area contributed by atoms with Crippen LogP contribution < -0.4 is 10.1 Å². The number of anilines is 1. The topological polar surface area (TPSA) is 21.3 Å². The molecule has 0 fully saturated rings. The molecule has 0 saturated carbocycles. The Bertz CT molecular complexity index is 601. The Balaban J connectivity index is 2.06. The molecule has 20 heavy (non-hydrogen) atoms. The molecular weight excluding hydrogens is 321 g/mol. The van der Waals surface area contributed by atoms with Crippen LogP contribution in [-0.2, 0) is 6.54 Å². The van der Waals surface area contributed by atoms with Gasteiger partial charge in [-0.3, -0.25) is 0 Å². The fraction of sp³-hybridized carbons (Fsp3) is 0.125. The van der Waals surface area contributed by atoms with Crippen LogP contribution in [-0.4, -0.2) is 6.61 Å². The summed E-state index contributed by atoms with van der Waals surface area (Å²) in [6.07, 6.45) is 1.71. The molecule has 1 N–H and O–H groups in total. The molecule has 0 aliphatic carbocycles. The van der Waals surface area contributed by atoms with Gasteiger partial charge in [0.25, 0.3) is 0 Å². The second-order valence-electron chi connectivity index (χ2n) is 4.19. The standard InChI is InChI=1S/C16H15BrFNO/c1-2-9-20-16-6-4-3-5-12(16)11-19-13-7-8-15(18)14(17)10-13/h2-8,10,19H,1,9,11H2. The molecule has 0 amide bonds. The van der Waals surface area contributed by atoms with Crippen molar-refractivity contribution >= 4 is 21.6 Å². The molecule has 2 nitrogen and oxygen atoms in total. The molecule has 0 atom stereocenters. The van der Waals surface area contributed by atoms with E-state index in [0.717, 1.165) is 17.0 Å². The van der Waals surface area contributed by atoms with Gasteiger partial charge in [0.05, 0.1) is 4.47 Å². The van der Waals surface area contributed by atoms with Gasteiger partial charge >= 0.3 is 0 Å². The first-order valence-electron chi connectivity index (χ1n) is 6.21. The smallest absolute Gasteiger partial charge is 0.137 e. The normalized spacial score (nSPS) is 10.1. The minimum atomic E-state index is -0.273. The van der Waals surface area contributed by atoms with Crippen LogP contribution in [0.25, 0.3) is 0 Å². The van der Waals surface area contributed by atoms with Gasteiger partial charge < -0.3 is 10.1 Å². The summed E-state index contributed by atoms with van der Waals surface area (Å²) >= 11 is 3.17. The Labute approximate surface area is 126 Å². The maximum Gasteiger partial charge on any atom is 0.137 e. The molecule has 0 aliphatic heterocycles. The van der Waals surface area contributed by atoms with Crippen LogP contribution in [0.2, 0.25) is 0 Å². The number of hydrogen-bond donors (Lipinski definition) is 1. The lowest BCUT2D eigenvalue weighted by atomic mass is 10.2. The number of nitrogens with one attached hydrogen (secondary N) is 1. The molecule has 0 heterocycles. The Kier molecular flexibility index (Phi) is 5.18. The van der Waals surface area contributed by atoms with Crippen LogP contribution in [0.4, 0.5) is 10.1 Å². The van der Waals surface area contributed by atoms with Crippen molar-refractivity contribution in [3.63, 3.8) is 0 Å². The van der Waals surface area contributed by atoms with Crippen molar-refractivity contribution in [2.24, 2.45) is 0 Å². The first kappa shape index (κ1) is 14.6. The zero-order chi connectivity index (χ0) is 14.4. The van der Waals surface area contributed by atoms with Crippen LogP contribution in [0, 0.1) is 5.82 Å². The van der Waals surface area contributed by atoms with Crippen molar-refractivity contribution in [2.75, 3.05) is 11.9 Å². The van der Waals surface area contributed by atoms with E-state index >= 15 is 0 Å². The first-order chi connectivity index (χ1) is 9.70.